The van der Waals surface area contributed by atoms with E-state index in [0.717, 1.165) is 0 Å². The van der Waals surface area contributed by atoms with Crippen LogP contribution in [0.15, 0.2) is 12.1 Å². The maximum atomic E-state index is 11.1. The molecule has 14 heavy (non-hydrogen) atoms. The van der Waals surface area contributed by atoms with Crippen LogP contribution in [0.1, 0.15) is 5.56 Å². The number of ketones is 1. The van der Waals surface area contributed by atoms with Crippen LogP contribution in [0.3, 0.4) is 0 Å². The van der Waals surface area contributed by atoms with Crippen molar-refractivity contribution in [1.29, 1.82) is 0 Å². The van der Waals surface area contributed by atoms with Gasteiger partial charge in [-0.05, 0) is 17.7 Å². The number of rotatable bonds is 0. The molecule has 1 aliphatic heterocycles. The molecule has 1 aliphatic rings. The zero-order valence-corrected chi connectivity index (χ0v) is 8.45. The topological polar surface area (TPSA) is 46.2 Å². The Balaban J connectivity index is 2.53. The van der Waals surface area contributed by atoms with Gasteiger partial charge in [-0.25, -0.2) is 0 Å². The van der Waals surface area contributed by atoms with Crippen molar-refractivity contribution in [2.24, 2.45) is 0 Å². The lowest BCUT2D eigenvalue weighted by atomic mass is 10.0. The van der Waals surface area contributed by atoms with Crippen LogP contribution in [-0.4, -0.2) is 11.7 Å². The van der Waals surface area contributed by atoms with Gasteiger partial charge in [-0.1, -0.05) is 23.2 Å². The van der Waals surface area contributed by atoms with Gasteiger partial charge in [-0.2, -0.15) is 0 Å². The van der Waals surface area contributed by atoms with Gasteiger partial charge >= 0.3 is 0 Å². The molecular formula is C9H5Cl2NO2. The zero-order chi connectivity index (χ0) is 10.3. The first-order valence-electron chi connectivity index (χ1n) is 3.90. The Morgan fingerprint density at radius 3 is 2.50 bits per heavy atom. The first-order valence-corrected chi connectivity index (χ1v) is 4.65. The van der Waals surface area contributed by atoms with E-state index in [1.54, 1.807) is 12.1 Å². The predicted octanol–water partition coefficient (Wildman–Crippen LogP) is 2.06. The van der Waals surface area contributed by atoms with Crippen molar-refractivity contribution < 1.29 is 9.59 Å². The molecule has 0 radical (unpaired) electrons. The minimum atomic E-state index is -0.601. The smallest absolute Gasteiger partial charge is 0.292 e. The molecule has 0 aromatic heterocycles. The van der Waals surface area contributed by atoms with Crippen molar-refractivity contribution in [3.05, 3.63) is 27.7 Å². The average Bonchev–Trinajstić information content (AvgIpc) is 2.11. The molecule has 0 fully saturated rings. The minimum Gasteiger partial charge on any atom is -0.319 e. The van der Waals surface area contributed by atoms with E-state index in [4.69, 9.17) is 23.2 Å². The van der Waals surface area contributed by atoms with Crippen LogP contribution in [0.4, 0.5) is 5.69 Å². The molecule has 0 aliphatic carbocycles. The largest absolute Gasteiger partial charge is 0.319 e. The molecule has 0 spiro atoms. The molecule has 0 unspecified atom stereocenters. The number of carbonyl (C=O) groups excluding carboxylic acids is 2. The molecule has 5 heteroatoms. The average molecular weight is 230 g/mol. The zero-order valence-electron chi connectivity index (χ0n) is 6.93. The van der Waals surface area contributed by atoms with Crippen LogP contribution >= 0.6 is 23.2 Å². The fraction of sp³-hybridized carbons (Fsp3) is 0.111. The minimum absolute atomic E-state index is 0.0814. The molecular weight excluding hydrogens is 225 g/mol. The van der Waals surface area contributed by atoms with Gasteiger partial charge in [-0.15, -0.1) is 0 Å². The van der Waals surface area contributed by atoms with E-state index >= 15 is 0 Å². The summed E-state index contributed by atoms with van der Waals surface area (Å²) in [7, 11) is 0. The number of Topliss-reactive ketones (excluding diaryl/α,β-unsaturated/α-hetero) is 1. The summed E-state index contributed by atoms with van der Waals surface area (Å²) >= 11 is 11.5. The Kier molecular flexibility index (Phi) is 2.21. The third-order valence-corrected chi connectivity index (χ3v) is 2.72. The van der Waals surface area contributed by atoms with Gasteiger partial charge in [0.25, 0.3) is 5.91 Å². The molecule has 0 atom stereocenters. The summed E-state index contributed by atoms with van der Waals surface area (Å²) in [5, 5.41) is 3.19. The quantitative estimate of drug-likeness (QED) is 0.693. The maximum absolute atomic E-state index is 11.1. The molecule has 0 saturated carbocycles. The highest BCUT2D eigenvalue weighted by atomic mass is 35.5. The van der Waals surface area contributed by atoms with Gasteiger partial charge in [0.05, 0.1) is 10.0 Å². The SMILES string of the molecule is O=C1Cc2cc(Cl)c(Cl)cc2NC1=O. The second-order valence-electron chi connectivity index (χ2n) is 2.98. The highest BCUT2D eigenvalue weighted by molar-refractivity contribution is 6.44. The van der Waals surface area contributed by atoms with E-state index in [1.807, 2.05) is 0 Å². The summed E-state index contributed by atoms with van der Waals surface area (Å²) in [6, 6.07) is 3.14. The summed E-state index contributed by atoms with van der Waals surface area (Å²) in [5.41, 5.74) is 1.26. The summed E-state index contributed by atoms with van der Waals surface area (Å²) in [4.78, 5) is 22.1. The van der Waals surface area contributed by atoms with Crippen LogP contribution in [0.25, 0.3) is 0 Å². The summed E-state index contributed by atoms with van der Waals surface area (Å²) in [6.07, 6.45) is 0.0814. The first kappa shape index (κ1) is 9.49. The Morgan fingerprint density at radius 2 is 1.79 bits per heavy atom. The summed E-state index contributed by atoms with van der Waals surface area (Å²) in [5.74, 6) is -1.06. The highest BCUT2D eigenvalue weighted by Crippen LogP contribution is 2.31. The molecule has 1 aromatic rings. The number of anilines is 1. The second-order valence-corrected chi connectivity index (χ2v) is 3.79. The number of hydrogen-bond acceptors (Lipinski definition) is 2. The maximum Gasteiger partial charge on any atom is 0.292 e. The number of hydrogen-bond donors (Lipinski definition) is 1. The predicted molar refractivity (Wildman–Crippen MR) is 53.8 cm³/mol. The van der Waals surface area contributed by atoms with Gasteiger partial charge < -0.3 is 5.32 Å². The molecule has 3 nitrogen and oxygen atoms in total. The van der Waals surface area contributed by atoms with Crippen molar-refractivity contribution in [3.8, 4) is 0 Å². The van der Waals surface area contributed by atoms with Crippen molar-refractivity contribution in [3.63, 3.8) is 0 Å². The van der Waals surface area contributed by atoms with E-state index in [9.17, 15) is 9.59 Å². The second kappa shape index (κ2) is 3.26. The van der Waals surface area contributed by atoms with Gasteiger partial charge in [-0.3, -0.25) is 9.59 Å². The number of benzene rings is 1. The number of carbonyl (C=O) groups is 2. The molecule has 0 saturated heterocycles. The lowest BCUT2D eigenvalue weighted by molar-refractivity contribution is -0.134. The normalized spacial score (nSPS) is 15.0. The van der Waals surface area contributed by atoms with Crippen LogP contribution < -0.4 is 5.32 Å². The molecule has 1 N–H and O–H groups in total. The highest BCUT2D eigenvalue weighted by Gasteiger charge is 2.23. The van der Waals surface area contributed by atoms with Gasteiger partial charge in [0.2, 0.25) is 5.78 Å². The van der Waals surface area contributed by atoms with Crippen LogP contribution in [-0.2, 0) is 16.0 Å². The Bertz CT molecular complexity index is 402. The number of fused-ring (bicyclic) bond motifs is 1. The van der Waals surface area contributed by atoms with Crippen molar-refractivity contribution in [2.45, 2.75) is 6.42 Å². The fourth-order valence-corrected chi connectivity index (χ4v) is 1.65. The monoisotopic (exact) mass is 229 g/mol. The molecule has 1 amide bonds. The molecule has 0 bridgehead atoms. The van der Waals surface area contributed by atoms with E-state index in [2.05, 4.69) is 5.32 Å². The third-order valence-electron chi connectivity index (χ3n) is 2.00. The third kappa shape index (κ3) is 1.49. The fourth-order valence-electron chi connectivity index (χ4n) is 1.30. The van der Waals surface area contributed by atoms with Crippen molar-refractivity contribution >= 4 is 40.6 Å². The van der Waals surface area contributed by atoms with E-state index in [-0.39, 0.29) is 6.42 Å². The summed E-state index contributed by atoms with van der Waals surface area (Å²) < 4.78 is 0. The lowest BCUT2D eigenvalue weighted by Gasteiger charge is -2.16. The van der Waals surface area contributed by atoms with Crippen molar-refractivity contribution in [2.75, 3.05) is 5.32 Å². The van der Waals surface area contributed by atoms with E-state index < -0.39 is 11.7 Å². The lowest BCUT2D eigenvalue weighted by Crippen LogP contribution is -2.29. The Morgan fingerprint density at radius 1 is 1.14 bits per heavy atom. The molecule has 2 rings (SSSR count). The number of amides is 1. The Hall–Kier alpha value is -1.06. The van der Waals surface area contributed by atoms with Crippen LogP contribution in [0.5, 0.6) is 0 Å². The summed E-state index contributed by atoms with van der Waals surface area (Å²) in [6.45, 7) is 0. The molecule has 72 valence electrons. The van der Waals surface area contributed by atoms with E-state index in [0.29, 0.717) is 21.3 Å². The van der Waals surface area contributed by atoms with Gasteiger partial charge in [0.1, 0.15) is 0 Å². The number of nitrogens with one attached hydrogen (secondary N) is 1. The Labute approximate surface area is 90.0 Å². The van der Waals surface area contributed by atoms with Gasteiger partial charge in [0, 0.05) is 12.1 Å². The molecule has 1 aromatic carbocycles. The van der Waals surface area contributed by atoms with Crippen molar-refractivity contribution in [1.82, 2.24) is 0 Å². The van der Waals surface area contributed by atoms with E-state index in [1.165, 1.54) is 0 Å². The molecule has 1 heterocycles. The standard InChI is InChI=1S/C9H5Cl2NO2/c10-5-1-4-2-8(13)9(14)12-7(4)3-6(5)11/h1,3H,2H2,(H,12,14). The first-order chi connectivity index (χ1) is 6.58. The van der Waals surface area contributed by atoms with Crippen LogP contribution in [0, 0.1) is 0 Å². The van der Waals surface area contributed by atoms with Crippen LogP contribution in [0.2, 0.25) is 10.0 Å². The number of halogens is 2. The van der Waals surface area contributed by atoms with Gasteiger partial charge in [0.15, 0.2) is 0 Å².